The van der Waals surface area contributed by atoms with Gasteiger partial charge in [0.15, 0.2) is 0 Å². The lowest BCUT2D eigenvalue weighted by Gasteiger charge is -2.32. The van der Waals surface area contributed by atoms with Crippen molar-refractivity contribution >= 4 is 23.5 Å². The number of aryl methyl sites for hydroxylation is 1. The van der Waals surface area contributed by atoms with Gasteiger partial charge in [-0.2, -0.15) is 5.26 Å². The number of thiazole rings is 1. The van der Waals surface area contributed by atoms with E-state index in [2.05, 4.69) is 10.3 Å². The fraction of sp³-hybridized carbons (Fsp3) is 0.385. The largest absolute Gasteiger partial charge is 0.449 e. The molecule has 21 heavy (non-hydrogen) atoms. The van der Waals surface area contributed by atoms with Gasteiger partial charge in [0.05, 0.1) is 29.0 Å². The average Bonchev–Trinajstić information content (AvgIpc) is 2.84. The van der Waals surface area contributed by atoms with Gasteiger partial charge < -0.3 is 10.1 Å². The van der Waals surface area contributed by atoms with Crippen LogP contribution in [0.4, 0.5) is 9.59 Å². The predicted molar refractivity (Wildman–Crippen MR) is 75.3 cm³/mol. The summed E-state index contributed by atoms with van der Waals surface area (Å²) in [6.07, 6.45) is -0.800. The third kappa shape index (κ3) is 2.73. The number of carbonyl (C=O) groups excluding carboxylic acids is 2. The highest BCUT2D eigenvalue weighted by molar-refractivity contribution is 7.09. The summed E-state index contributed by atoms with van der Waals surface area (Å²) in [6.45, 7) is 5.21. The van der Waals surface area contributed by atoms with Gasteiger partial charge in [-0.05, 0) is 20.8 Å². The lowest BCUT2D eigenvalue weighted by Crippen LogP contribution is -2.50. The summed E-state index contributed by atoms with van der Waals surface area (Å²) in [4.78, 5) is 29.4. The Balaban J connectivity index is 2.54. The van der Waals surface area contributed by atoms with Crippen LogP contribution in [-0.4, -0.2) is 28.6 Å². The van der Waals surface area contributed by atoms with Crippen molar-refractivity contribution in [2.45, 2.75) is 26.8 Å². The number of hydrogen-bond donors (Lipinski definition) is 1. The van der Waals surface area contributed by atoms with Gasteiger partial charge in [0, 0.05) is 11.1 Å². The minimum absolute atomic E-state index is 0.135. The first-order chi connectivity index (χ1) is 9.99. The molecule has 2 rings (SSSR count). The molecule has 1 N–H and O–H groups in total. The molecule has 1 aliphatic rings. The first-order valence-corrected chi connectivity index (χ1v) is 7.17. The van der Waals surface area contributed by atoms with E-state index in [9.17, 15) is 14.9 Å². The van der Waals surface area contributed by atoms with E-state index < -0.39 is 18.2 Å². The zero-order valence-electron chi connectivity index (χ0n) is 11.8. The Hall–Kier alpha value is -2.40. The molecule has 1 aromatic rings. The van der Waals surface area contributed by atoms with Crippen molar-refractivity contribution < 1.29 is 14.3 Å². The number of imide groups is 1. The van der Waals surface area contributed by atoms with Crippen LogP contribution in [0.3, 0.4) is 0 Å². The number of ether oxygens (including phenoxy) is 1. The molecule has 1 atom stereocenters. The Kier molecular flexibility index (Phi) is 4.23. The SMILES string of the molecule is CCOC(=O)N1C(=O)NC(C)=C(C#N)C1c1csc(C)n1. The standard InChI is InChI=1S/C13H14N4O3S/c1-4-20-13(19)17-11(10-6-21-8(3)16-10)9(5-14)7(2)15-12(17)18/h6,11H,4H2,1-3H3,(H,15,18). The zero-order valence-corrected chi connectivity index (χ0v) is 12.7. The van der Waals surface area contributed by atoms with Gasteiger partial charge in [0.1, 0.15) is 6.04 Å². The molecular weight excluding hydrogens is 292 g/mol. The number of allylic oxidation sites excluding steroid dienone is 1. The van der Waals surface area contributed by atoms with Crippen LogP contribution >= 0.6 is 11.3 Å². The van der Waals surface area contributed by atoms with Crippen LogP contribution in [0.1, 0.15) is 30.6 Å². The molecule has 0 fully saturated rings. The molecule has 1 unspecified atom stereocenters. The number of nitrogens with one attached hydrogen (secondary N) is 1. The quantitative estimate of drug-likeness (QED) is 0.905. The number of nitrogens with zero attached hydrogens (tertiary/aromatic N) is 3. The first kappa shape index (κ1) is 15.0. The molecule has 0 bridgehead atoms. The number of rotatable bonds is 2. The molecule has 0 spiro atoms. The smallest absolute Gasteiger partial charge is 0.418 e. The number of aromatic nitrogens is 1. The highest BCUT2D eigenvalue weighted by Crippen LogP contribution is 2.33. The van der Waals surface area contributed by atoms with Crippen LogP contribution in [0.2, 0.25) is 0 Å². The zero-order chi connectivity index (χ0) is 15.6. The predicted octanol–water partition coefficient (Wildman–Crippen LogP) is 2.47. The summed E-state index contributed by atoms with van der Waals surface area (Å²) in [5.74, 6) is 0. The third-order valence-corrected chi connectivity index (χ3v) is 3.74. The molecule has 3 amide bonds. The third-order valence-electron chi connectivity index (χ3n) is 2.95. The fourth-order valence-corrected chi connectivity index (χ4v) is 2.68. The summed E-state index contributed by atoms with van der Waals surface area (Å²) in [6, 6.07) is 0.561. The summed E-state index contributed by atoms with van der Waals surface area (Å²) in [5.41, 5.74) is 1.17. The fourth-order valence-electron chi connectivity index (χ4n) is 2.05. The number of urea groups is 1. The van der Waals surface area contributed by atoms with Crippen molar-refractivity contribution in [3.05, 3.63) is 27.4 Å². The van der Waals surface area contributed by atoms with E-state index in [0.29, 0.717) is 11.4 Å². The van der Waals surface area contributed by atoms with Crippen LogP contribution in [0.5, 0.6) is 0 Å². The van der Waals surface area contributed by atoms with Crippen LogP contribution in [0.15, 0.2) is 16.7 Å². The molecule has 1 aromatic heterocycles. The van der Waals surface area contributed by atoms with E-state index >= 15 is 0 Å². The Morgan fingerprint density at radius 1 is 1.62 bits per heavy atom. The number of hydrogen-bond acceptors (Lipinski definition) is 6. The van der Waals surface area contributed by atoms with Crippen molar-refractivity contribution in [2.24, 2.45) is 0 Å². The van der Waals surface area contributed by atoms with Gasteiger partial charge in [-0.3, -0.25) is 0 Å². The molecule has 0 aromatic carbocycles. The molecule has 1 aliphatic heterocycles. The molecule has 0 radical (unpaired) electrons. The molecule has 0 saturated carbocycles. The number of carbonyl (C=O) groups is 2. The van der Waals surface area contributed by atoms with Crippen molar-refractivity contribution in [3.8, 4) is 6.07 Å². The molecule has 7 nitrogen and oxygen atoms in total. The van der Waals surface area contributed by atoms with E-state index in [4.69, 9.17) is 4.74 Å². The van der Waals surface area contributed by atoms with Gasteiger partial charge in [0.2, 0.25) is 0 Å². The van der Waals surface area contributed by atoms with Crippen LogP contribution in [0, 0.1) is 18.3 Å². The van der Waals surface area contributed by atoms with Crippen molar-refractivity contribution in [1.29, 1.82) is 5.26 Å². The van der Waals surface area contributed by atoms with Crippen LogP contribution in [-0.2, 0) is 4.74 Å². The van der Waals surface area contributed by atoms with Crippen LogP contribution in [0.25, 0.3) is 0 Å². The molecule has 0 saturated heterocycles. The van der Waals surface area contributed by atoms with E-state index in [1.165, 1.54) is 11.3 Å². The average molecular weight is 306 g/mol. The van der Waals surface area contributed by atoms with Crippen LogP contribution < -0.4 is 5.32 Å². The summed E-state index contributed by atoms with van der Waals surface area (Å²) in [7, 11) is 0. The highest BCUT2D eigenvalue weighted by atomic mass is 32.1. The Labute approximate surface area is 125 Å². The van der Waals surface area contributed by atoms with E-state index in [0.717, 1.165) is 9.91 Å². The van der Waals surface area contributed by atoms with Gasteiger partial charge in [0.25, 0.3) is 0 Å². The van der Waals surface area contributed by atoms with Gasteiger partial charge >= 0.3 is 12.1 Å². The second kappa shape index (κ2) is 5.93. The molecule has 2 heterocycles. The maximum absolute atomic E-state index is 12.1. The van der Waals surface area contributed by atoms with Gasteiger partial charge in [-0.15, -0.1) is 11.3 Å². The van der Waals surface area contributed by atoms with E-state index in [-0.39, 0.29) is 12.2 Å². The summed E-state index contributed by atoms with van der Waals surface area (Å²) in [5, 5.41) is 14.4. The van der Waals surface area contributed by atoms with E-state index in [1.807, 2.05) is 13.0 Å². The minimum Gasteiger partial charge on any atom is -0.449 e. The lowest BCUT2D eigenvalue weighted by atomic mass is 10.0. The van der Waals surface area contributed by atoms with Crippen molar-refractivity contribution in [2.75, 3.05) is 6.61 Å². The Morgan fingerprint density at radius 2 is 2.33 bits per heavy atom. The summed E-state index contributed by atoms with van der Waals surface area (Å²) >= 11 is 1.39. The second-order valence-electron chi connectivity index (χ2n) is 4.34. The molecule has 0 aliphatic carbocycles. The summed E-state index contributed by atoms with van der Waals surface area (Å²) < 4.78 is 4.91. The van der Waals surface area contributed by atoms with Crippen molar-refractivity contribution in [1.82, 2.24) is 15.2 Å². The topological polar surface area (TPSA) is 95.3 Å². The normalized spacial score (nSPS) is 18.3. The van der Waals surface area contributed by atoms with E-state index in [1.54, 1.807) is 19.2 Å². The maximum Gasteiger partial charge on any atom is 0.418 e. The monoisotopic (exact) mass is 306 g/mol. The molecular formula is C13H14N4O3S. The Morgan fingerprint density at radius 3 is 2.86 bits per heavy atom. The minimum atomic E-state index is -0.854. The highest BCUT2D eigenvalue weighted by Gasteiger charge is 2.40. The van der Waals surface area contributed by atoms with Gasteiger partial charge in [-0.1, -0.05) is 0 Å². The van der Waals surface area contributed by atoms with Crippen molar-refractivity contribution in [3.63, 3.8) is 0 Å². The number of amides is 3. The molecule has 110 valence electrons. The lowest BCUT2D eigenvalue weighted by molar-refractivity contribution is 0.103. The maximum atomic E-state index is 12.1. The van der Waals surface area contributed by atoms with Gasteiger partial charge in [-0.25, -0.2) is 19.5 Å². The molecule has 8 heteroatoms. The number of nitriles is 1. The first-order valence-electron chi connectivity index (χ1n) is 6.29. The Bertz CT molecular complexity index is 659. The second-order valence-corrected chi connectivity index (χ2v) is 5.41.